The number of unbranched alkanes of at least 4 members (excludes halogenated alkanes) is 12. The summed E-state index contributed by atoms with van der Waals surface area (Å²) in [6, 6.07) is 0. The van der Waals surface area contributed by atoms with Gasteiger partial charge >= 0.3 is 5.97 Å². The first kappa shape index (κ1) is 29.1. The van der Waals surface area contributed by atoms with Gasteiger partial charge in [0, 0.05) is 6.42 Å². The molecule has 0 rings (SSSR count). The number of rotatable bonds is 21. The van der Waals surface area contributed by atoms with Crippen LogP contribution in [0.2, 0.25) is 0 Å². The number of carbonyl (C=O) groups is 1. The summed E-state index contributed by atoms with van der Waals surface area (Å²) in [5.41, 5.74) is 0. The Morgan fingerprint density at radius 1 is 0.833 bits per heavy atom. The Balaban J connectivity index is 3.77. The van der Waals surface area contributed by atoms with Crippen molar-refractivity contribution >= 4 is 16.1 Å². The molecule has 0 saturated heterocycles. The van der Waals surface area contributed by atoms with Gasteiger partial charge in [-0.05, 0) is 32.1 Å². The summed E-state index contributed by atoms with van der Waals surface area (Å²) in [6.45, 7) is 4.84. The first-order valence-corrected chi connectivity index (χ1v) is 13.7. The van der Waals surface area contributed by atoms with Crippen LogP contribution < -0.4 is 0 Å². The maximum Gasteiger partial charge on any atom is 0.305 e. The third-order valence-electron chi connectivity index (χ3n) is 5.34. The molecule has 1 N–H and O–H groups in total. The Morgan fingerprint density at radius 3 is 2.07 bits per heavy atom. The van der Waals surface area contributed by atoms with E-state index >= 15 is 0 Å². The summed E-state index contributed by atoms with van der Waals surface area (Å²) >= 11 is 0. The highest BCUT2D eigenvalue weighted by Crippen LogP contribution is 2.15. The molecule has 0 aliphatic heterocycles. The lowest BCUT2D eigenvalue weighted by Crippen LogP contribution is -2.17. The number of hydrogen-bond donors (Lipinski definition) is 1. The zero-order valence-electron chi connectivity index (χ0n) is 19.4. The van der Waals surface area contributed by atoms with E-state index in [0.29, 0.717) is 19.4 Å². The maximum absolute atomic E-state index is 11.6. The molecule has 0 radical (unpaired) electrons. The molecule has 6 heteroatoms. The third-order valence-corrected chi connectivity index (χ3v) is 6.50. The summed E-state index contributed by atoms with van der Waals surface area (Å²) in [7, 11) is -4.02. The highest BCUT2D eigenvalue weighted by atomic mass is 32.2. The monoisotopic (exact) mass is 446 g/mol. The predicted octanol–water partition coefficient (Wildman–Crippen LogP) is 7.01. The fraction of sp³-hybridized carbons (Fsp3) is 0.875. The Labute approximate surface area is 185 Å². The van der Waals surface area contributed by atoms with E-state index in [1.807, 2.05) is 6.08 Å². The summed E-state index contributed by atoms with van der Waals surface area (Å²) in [6.07, 6.45) is 20.2. The molecule has 0 aliphatic carbocycles. The minimum absolute atomic E-state index is 0.0874. The first-order valence-electron chi connectivity index (χ1n) is 12.2. The minimum atomic E-state index is -4.02. The lowest BCUT2D eigenvalue weighted by Gasteiger charge is -2.09. The molecule has 178 valence electrons. The molecular weight excluding hydrogens is 400 g/mol. The second kappa shape index (κ2) is 20.0. The average Bonchev–Trinajstić information content (AvgIpc) is 2.70. The Hall–Kier alpha value is -0.880. The van der Waals surface area contributed by atoms with Crippen molar-refractivity contribution in [1.82, 2.24) is 0 Å². The van der Waals surface area contributed by atoms with Crippen LogP contribution in [0, 0.1) is 0 Å². The van der Waals surface area contributed by atoms with Crippen LogP contribution in [0.15, 0.2) is 12.2 Å². The van der Waals surface area contributed by atoms with Gasteiger partial charge in [0.15, 0.2) is 0 Å². The van der Waals surface area contributed by atoms with Crippen LogP contribution in [0.3, 0.4) is 0 Å². The quantitative estimate of drug-likeness (QED) is 0.0887. The molecule has 1 unspecified atom stereocenters. The lowest BCUT2D eigenvalue weighted by molar-refractivity contribution is -0.143. The van der Waals surface area contributed by atoms with Crippen molar-refractivity contribution in [3.8, 4) is 0 Å². The number of ether oxygens (including phenoxy) is 1. The van der Waals surface area contributed by atoms with Crippen LogP contribution >= 0.6 is 0 Å². The van der Waals surface area contributed by atoms with Crippen LogP contribution in [0.4, 0.5) is 0 Å². The first-order chi connectivity index (χ1) is 14.4. The van der Waals surface area contributed by atoms with E-state index in [1.165, 1.54) is 19.3 Å². The molecule has 30 heavy (non-hydrogen) atoms. The summed E-state index contributed by atoms with van der Waals surface area (Å²) in [5.74, 6) is -0.0874. The molecule has 0 aromatic rings. The number of hydrogen-bond acceptors (Lipinski definition) is 4. The third kappa shape index (κ3) is 19.1. The molecule has 0 bridgehead atoms. The van der Waals surface area contributed by atoms with E-state index in [-0.39, 0.29) is 5.97 Å². The molecule has 0 aromatic carbocycles. The molecular formula is C24H46O5S. The Bertz CT molecular complexity index is 528. The number of allylic oxidation sites excluding steroid dienone is 1. The van der Waals surface area contributed by atoms with Crippen molar-refractivity contribution in [3.05, 3.63) is 12.2 Å². The van der Waals surface area contributed by atoms with E-state index in [9.17, 15) is 17.8 Å². The predicted molar refractivity (Wildman–Crippen MR) is 125 cm³/mol. The lowest BCUT2D eigenvalue weighted by atomic mass is 10.1. The highest BCUT2D eigenvalue weighted by Gasteiger charge is 2.18. The van der Waals surface area contributed by atoms with E-state index in [1.54, 1.807) is 6.08 Å². The number of esters is 1. The molecule has 5 nitrogen and oxygen atoms in total. The highest BCUT2D eigenvalue weighted by molar-refractivity contribution is 7.86. The molecule has 0 aliphatic rings. The molecule has 0 heterocycles. The van der Waals surface area contributed by atoms with Crippen LogP contribution in [-0.4, -0.2) is 30.8 Å². The molecule has 0 spiro atoms. The second-order valence-corrected chi connectivity index (χ2v) is 9.91. The van der Waals surface area contributed by atoms with Gasteiger partial charge in [0.05, 0.1) is 6.61 Å². The zero-order chi connectivity index (χ0) is 22.5. The van der Waals surface area contributed by atoms with Gasteiger partial charge < -0.3 is 4.74 Å². The van der Waals surface area contributed by atoms with Gasteiger partial charge in [-0.3, -0.25) is 9.35 Å². The van der Waals surface area contributed by atoms with Crippen LogP contribution in [0.1, 0.15) is 123 Å². The van der Waals surface area contributed by atoms with Crippen LogP contribution in [-0.2, 0) is 19.6 Å². The smallest absolute Gasteiger partial charge is 0.305 e. The average molecular weight is 447 g/mol. The Kier molecular flexibility index (Phi) is 19.5. The van der Waals surface area contributed by atoms with Crippen molar-refractivity contribution < 1.29 is 22.5 Å². The largest absolute Gasteiger partial charge is 0.466 e. The van der Waals surface area contributed by atoms with Gasteiger partial charge in [-0.2, -0.15) is 8.42 Å². The van der Waals surface area contributed by atoms with E-state index in [2.05, 4.69) is 13.8 Å². The van der Waals surface area contributed by atoms with Crippen LogP contribution in [0.25, 0.3) is 0 Å². The van der Waals surface area contributed by atoms with Gasteiger partial charge in [-0.1, -0.05) is 96.6 Å². The topological polar surface area (TPSA) is 80.7 Å². The summed E-state index contributed by atoms with van der Waals surface area (Å²) in [5, 5.41) is -0.771. The Morgan fingerprint density at radius 2 is 1.40 bits per heavy atom. The van der Waals surface area contributed by atoms with Crippen molar-refractivity contribution in [2.75, 3.05) is 6.61 Å². The summed E-state index contributed by atoms with van der Waals surface area (Å²) < 4.78 is 37.7. The van der Waals surface area contributed by atoms with E-state index in [4.69, 9.17) is 4.74 Å². The van der Waals surface area contributed by atoms with Crippen molar-refractivity contribution in [3.63, 3.8) is 0 Å². The van der Waals surface area contributed by atoms with Crippen molar-refractivity contribution in [1.29, 1.82) is 0 Å². The van der Waals surface area contributed by atoms with Gasteiger partial charge in [0.1, 0.15) is 5.25 Å². The number of carbonyl (C=O) groups excluding carboxylic acids is 1. The van der Waals surface area contributed by atoms with Gasteiger partial charge in [0.25, 0.3) is 10.1 Å². The SMILES string of the molecule is CCCCCCCCC(/C=C\CCCCCCCC(=O)OCCCCC)S(=O)(=O)O. The van der Waals surface area contributed by atoms with Crippen molar-refractivity contribution in [2.24, 2.45) is 0 Å². The fourth-order valence-electron chi connectivity index (χ4n) is 3.39. The maximum atomic E-state index is 11.6. The summed E-state index contributed by atoms with van der Waals surface area (Å²) in [4.78, 5) is 11.6. The normalized spacial score (nSPS) is 13.0. The zero-order valence-corrected chi connectivity index (χ0v) is 20.3. The fourth-order valence-corrected chi connectivity index (χ4v) is 4.16. The van der Waals surface area contributed by atoms with Crippen molar-refractivity contribution in [2.45, 2.75) is 128 Å². The van der Waals surface area contributed by atoms with E-state index < -0.39 is 15.4 Å². The van der Waals surface area contributed by atoms with Gasteiger partial charge in [-0.15, -0.1) is 0 Å². The molecule has 0 amide bonds. The second-order valence-electron chi connectivity index (χ2n) is 8.27. The molecule has 1 atom stereocenters. The van der Waals surface area contributed by atoms with Crippen LogP contribution in [0.5, 0.6) is 0 Å². The molecule has 0 aromatic heterocycles. The molecule has 0 fully saturated rings. The van der Waals surface area contributed by atoms with Gasteiger partial charge in [-0.25, -0.2) is 0 Å². The van der Waals surface area contributed by atoms with E-state index in [0.717, 1.165) is 77.0 Å². The molecule has 0 saturated carbocycles. The minimum Gasteiger partial charge on any atom is -0.466 e. The van der Waals surface area contributed by atoms with Gasteiger partial charge in [0.2, 0.25) is 0 Å². The standard InChI is InChI=1S/C24H46O5S/c1-3-5-7-8-12-15-19-23(30(26,27)28)20-16-13-10-9-11-14-17-21-24(25)29-22-18-6-4-2/h16,20,23H,3-15,17-19,21-22H2,1-2H3,(H,26,27,28)/b20-16-.